The highest BCUT2D eigenvalue weighted by atomic mass is 35.5. The van der Waals surface area contributed by atoms with Crippen molar-refractivity contribution in [3.05, 3.63) is 41.6 Å². The average Bonchev–Trinajstić information content (AvgIpc) is 2.74. The van der Waals surface area contributed by atoms with Crippen LogP contribution in [0.1, 0.15) is 30.0 Å². The van der Waals surface area contributed by atoms with Crippen molar-refractivity contribution in [2.45, 2.75) is 25.1 Å². The van der Waals surface area contributed by atoms with Gasteiger partial charge in [0, 0.05) is 16.8 Å². The normalized spacial score (nSPS) is 23.4. The molecule has 1 aromatic carbocycles. The molecule has 17 heavy (non-hydrogen) atoms. The number of fused-ring (bicyclic) bond motifs is 1. The van der Waals surface area contributed by atoms with E-state index >= 15 is 0 Å². The Bertz CT molecular complexity index is 518. The Balaban J connectivity index is 2.09. The number of H-pyrrole nitrogens is 1. The molecule has 1 aliphatic rings. The van der Waals surface area contributed by atoms with Crippen LogP contribution in [0.15, 0.2) is 30.3 Å². The van der Waals surface area contributed by atoms with E-state index in [1.165, 1.54) is 11.3 Å². The fourth-order valence-corrected chi connectivity index (χ4v) is 3.14. The predicted molar refractivity (Wildman–Crippen MR) is 70.1 cm³/mol. The van der Waals surface area contributed by atoms with E-state index in [0.717, 1.165) is 24.1 Å². The minimum Gasteiger partial charge on any atom is -0.282 e. The number of nitrogens with one attached hydrogen (secondary N) is 1. The average molecular weight is 247 g/mol. The molecule has 3 rings (SSSR count). The fourth-order valence-electron chi connectivity index (χ4n) is 2.60. The van der Waals surface area contributed by atoms with Gasteiger partial charge in [-0.25, -0.2) is 0 Å². The number of aromatic nitrogens is 2. The van der Waals surface area contributed by atoms with Crippen molar-refractivity contribution in [1.82, 2.24) is 10.2 Å². The first-order valence-corrected chi connectivity index (χ1v) is 6.46. The van der Waals surface area contributed by atoms with Crippen molar-refractivity contribution in [1.29, 1.82) is 0 Å². The van der Waals surface area contributed by atoms with Gasteiger partial charge in [0.2, 0.25) is 0 Å². The zero-order valence-electron chi connectivity index (χ0n) is 9.78. The first-order chi connectivity index (χ1) is 8.25. The van der Waals surface area contributed by atoms with Gasteiger partial charge in [-0.2, -0.15) is 5.10 Å². The lowest BCUT2D eigenvalue weighted by Gasteiger charge is -2.23. The van der Waals surface area contributed by atoms with E-state index in [0.29, 0.717) is 5.92 Å². The van der Waals surface area contributed by atoms with Crippen LogP contribution in [0.5, 0.6) is 0 Å². The molecule has 88 valence electrons. The minimum absolute atomic E-state index is 0.0858. The standard InChI is InChI=1S/C14H15ClN2/c1-9-7-11(15)13-12(8-9)16-17-14(13)10-5-3-2-4-6-10/h2-6,9,11H,7-8H2,1H3,(H,16,17). The van der Waals surface area contributed by atoms with Gasteiger partial charge in [0.05, 0.1) is 11.1 Å². The van der Waals surface area contributed by atoms with Crippen LogP contribution in [0.2, 0.25) is 0 Å². The highest BCUT2D eigenvalue weighted by molar-refractivity contribution is 6.21. The van der Waals surface area contributed by atoms with Crippen LogP contribution in [0, 0.1) is 5.92 Å². The van der Waals surface area contributed by atoms with Crippen LogP contribution >= 0.6 is 11.6 Å². The second-order valence-corrected chi connectivity index (χ2v) is 5.37. The maximum Gasteiger partial charge on any atom is 0.0970 e. The molecule has 2 aromatic rings. The molecule has 0 saturated carbocycles. The van der Waals surface area contributed by atoms with Crippen molar-refractivity contribution in [3.8, 4) is 11.3 Å². The Morgan fingerprint density at radius 1 is 1.29 bits per heavy atom. The first-order valence-electron chi connectivity index (χ1n) is 6.02. The van der Waals surface area contributed by atoms with E-state index < -0.39 is 0 Å². The number of halogens is 1. The molecule has 2 atom stereocenters. The van der Waals surface area contributed by atoms with E-state index in [-0.39, 0.29) is 5.38 Å². The van der Waals surface area contributed by atoms with Crippen LogP contribution < -0.4 is 0 Å². The minimum atomic E-state index is 0.0858. The molecule has 2 unspecified atom stereocenters. The van der Waals surface area contributed by atoms with Gasteiger partial charge in [0.15, 0.2) is 0 Å². The number of nitrogens with zero attached hydrogens (tertiary/aromatic N) is 1. The maximum atomic E-state index is 6.48. The summed E-state index contributed by atoms with van der Waals surface area (Å²) in [5.74, 6) is 0.633. The van der Waals surface area contributed by atoms with E-state index in [9.17, 15) is 0 Å². The summed E-state index contributed by atoms with van der Waals surface area (Å²) in [7, 11) is 0. The molecule has 1 aromatic heterocycles. The van der Waals surface area contributed by atoms with Gasteiger partial charge < -0.3 is 0 Å². The van der Waals surface area contributed by atoms with Crippen LogP contribution in [0.25, 0.3) is 11.3 Å². The third kappa shape index (κ3) is 1.87. The number of hydrogen-bond acceptors (Lipinski definition) is 1. The zero-order valence-corrected chi connectivity index (χ0v) is 10.5. The molecule has 0 fully saturated rings. The lowest BCUT2D eigenvalue weighted by atomic mass is 9.86. The smallest absolute Gasteiger partial charge is 0.0970 e. The number of rotatable bonds is 1. The number of benzene rings is 1. The summed E-state index contributed by atoms with van der Waals surface area (Å²) < 4.78 is 0. The van der Waals surface area contributed by atoms with Gasteiger partial charge in [0.25, 0.3) is 0 Å². The van der Waals surface area contributed by atoms with E-state index in [1.54, 1.807) is 0 Å². The molecular formula is C14H15ClN2. The van der Waals surface area contributed by atoms with E-state index in [1.807, 2.05) is 18.2 Å². The monoisotopic (exact) mass is 246 g/mol. The predicted octanol–water partition coefficient (Wildman–Crippen LogP) is 3.94. The SMILES string of the molecule is CC1Cc2[nH]nc(-c3ccccc3)c2C(Cl)C1. The summed E-state index contributed by atoms with van der Waals surface area (Å²) in [6.07, 6.45) is 2.09. The highest BCUT2D eigenvalue weighted by Gasteiger charge is 2.28. The Morgan fingerprint density at radius 3 is 2.82 bits per heavy atom. The second kappa shape index (κ2) is 4.19. The van der Waals surface area contributed by atoms with Gasteiger partial charge in [-0.05, 0) is 18.8 Å². The largest absolute Gasteiger partial charge is 0.282 e. The summed E-state index contributed by atoms with van der Waals surface area (Å²) in [5.41, 5.74) is 4.58. The Kier molecular flexibility index (Phi) is 2.67. The third-order valence-electron chi connectivity index (χ3n) is 3.41. The van der Waals surface area contributed by atoms with Gasteiger partial charge in [-0.3, -0.25) is 5.10 Å². The molecule has 2 nitrogen and oxygen atoms in total. The molecule has 1 heterocycles. The molecule has 0 spiro atoms. The molecule has 0 aliphatic heterocycles. The first kappa shape index (κ1) is 10.8. The van der Waals surface area contributed by atoms with Crippen molar-refractivity contribution in [2.75, 3.05) is 0 Å². The lowest BCUT2D eigenvalue weighted by molar-refractivity contribution is 0.486. The summed E-state index contributed by atoms with van der Waals surface area (Å²) in [6.45, 7) is 2.24. The number of hydrogen-bond donors (Lipinski definition) is 1. The van der Waals surface area contributed by atoms with Gasteiger partial charge in [0.1, 0.15) is 0 Å². The van der Waals surface area contributed by atoms with Crippen molar-refractivity contribution in [2.24, 2.45) is 5.92 Å². The molecule has 1 aliphatic carbocycles. The molecule has 3 heteroatoms. The van der Waals surface area contributed by atoms with E-state index in [2.05, 4.69) is 29.3 Å². The Hall–Kier alpha value is -1.28. The van der Waals surface area contributed by atoms with E-state index in [4.69, 9.17) is 11.6 Å². The summed E-state index contributed by atoms with van der Waals surface area (Å²) in [6, 6.07) is 10.2. The maximum absolute atomic E-state index is 6.48. The highest BCUT2D eigenvalue weighted by Crippen LogP contribution is 2.41. The Labute approximate surface area is 106 Å². The third-order valence-corrected chi connectivity index (χ3v) is 3.80. The molecule has 0 saturated heterocycles. The summed E-state index contributed by atoms with van der Waals surface area (Å²) in [4.78, 5) is 0. The van der Waals surface area contributed by atoms with Crippen LogP contribution in [-0.4, -0.2) is 10.2 Å². The van der Waals surface area contributed by atoms with Gasteiger partial charge in [-0.15, -0.1) is 11.6 Å². The lowest BCUT2D eigenvalue weighted by Crippen LogP contribution is -2.12. The zero-order chi connectivity index (χ0) is 11.8. The van der Waals surface area contributed by atoms with Crippen molar-refractivity contribution >= 4 is 11.6 Å². The molecule has 0 bridgehead atoms. The van der Waals surface area contributed by atoms with Crippen LogP contribution in [-0.2, 0) is 6.42 Å². The van der Waals surface area contributed by atoms with Crippen LogP contribution in [0.3, 0.4) is 0 Å². The van der Waals surface area contributed by atoms with Gasteiger partial charge in [-0.1, -0.05) is 37.3 Å². The number of alkyl halides is 1. The summed E-state index contributed by atoms with van der Waals surface area (Å²) >= 11 is 6.48. The fraction of sp³-hybridized carbons (Fsp3) is 0.357. The van der Waals surface area contributed by atoms with Crippen molar-refractivity contribution in [3.63, 3.8) is 0 Å². The van der Waals surface area contributed by atoms with Crippen molar-refractivity contribution < 1.29 is 0 Å². The summed E-state index contributed by atoms with van der Waals surface area (Å²) in [5, 5.41) is 7.68. The Morgan fingerprint density at radius 2 is 2.06 bits per heavy atom. The second-order valence-electron chi connectivity index (χ2n) is 4.84. The van der Waals surface area contributed by atoms with Gasteiger partial charge >= 0.3 is 0 Å². The quantitative estimate of drug-likeness (QED) is 0.759. The topological polar surface area (TPSA) is 28.7 Å². The molecule has 0 radical (unpaired) electrons. The van der Waals surface area contributed by atoms with Crippen LogP contribution in [0.4, 0.5) is 0 Å². The molecular weight excluding hydrogens is 232 g/mol. The molecule has 0 amide bonds. The number of aromatic amines is 1. The molecule has 1 N–H and O–H groups in total.